The average Bonchev–Trinajstić information content (AvgIpc) is 2.50. The molecule has 0 bridgehead atoms. The number of hydrogen-bond donors (Lipinski definition) is 0. The minimum absolute atomic E-state index is 0.232. The van der Waals surface area contributed by atoms with Crippen LogP contribution in [0.25, 0.3) is 0 Å². The van der Waals surface area contributed by atoms with Crippen molar-refractivity contribution in [2.24, 2.45) is 0 Å². The van der Waals surface area contributed by atoms with Gasteiger partial charge in [-0.1, -0.05) is 60.7 Å². The molecule has 0 radical (unpaired) electrons. The van der Waals surface area contributed by atoms with E-state index in [9.17, 15) is 9.00 Å². The molecule has 0 saturated carbocycles. The first kappa shape index (κ1) is 13.4. The molecule has 2 aromatic carbocycles. The van der Waals surface area contributed by atoms with Crippen LogP contribution in [-0.2, 0) is 30.2 Å². The molecule has 0 fully saturated rings. The van der Waals surface area contributed by atoms with Crippen molar-refractivity contribution < 1.29 is 13.7 Å². The topological polar surface area (TPSA) is 43.4 Å². The Balaban J connectivity index is 2.69. The van der Waals surface area contributed by atoms with E-state index < -0.39 is 10.7 Å². The molecular formula is C15H13O3S+. The molecule has 2 rings (SSSR count). The van der Waals surface area contributed by atoms with Gasteiger partial charge < -0.3 is 4.74 Å². The van der Waals surface area contributed by atoms with Gasteiger partial charge in [0.2, 0.25) is 0 Å². The third-order valence-electron chi connectivity index (χ3n) is 2.96. The highest BCUT2D eigenvalue weighted by molar-refractivity contribution is 7.68. The summed E-state index contributed by atoms with van der Waals surface area (Å²) >= 11 is 0.232. The van der Waals surface area contributed by atoms with Crippen molar-refractivity contribution in [3.8, 4) is 0 Å². The van der Waals surface area contributed by atoms with Crippen molar-refractivity contribution in [1.82, 2.24) is 0 Å². The zero-order chi connectivity index (χ0) is 13.7. The van der Waals surface area contributed by atoms with Crippen LogP contribution >= 0.6 is 0 Å². The van der Waals surface area contributed by atoms with Gasteiger partial charge in [-0.05, 0) is 0 Å². The van der Waals surface area contributed by atoms with Crippen molar-refractivity contribution >= 4 is 17.6 Å². The van der Waals surface area contributed by atoms with Gasteiger partial charge >= 0.3 is 22.4 Å². The number of methoxy groups -OCH3 is 1. The lowest BCUT2D eigenvalue weighted by atomic mass is 9.90. The number of carbonyl (C=O) groups excluding carboxylic acids is 1. The van der Waals surface area contributed by atoms with Gasteiger partial charge in [-0.15, -0.1) is 0 Å². The lowest BCUT2D eigenvalue weighted by molar-refractivity contribution is -0.142. The van der Waals surface area contributed by atoms with Gasteiger partial charge in [0.25, 0.3) is 0 Å². The van der Waals surface area contributed by atoms with E-state index in [2.05, 4.69) is 0 Å². The van der Waals surface area contributed by atoms with Crippen LogP contribution in [-0.4, -0.2) is 13.1 Å². The molecular weight excluding hydrogens is 260 g/mol. The molecule has 0 aliphatic heterocycles. The van der Waals surface area contributed by atoms with E-state index in [1.54, 1.807) is 48.5 Å². The molecule has 4 heteroatoms. The Morgan fingerprint density at radius 2 is 1.37 bits per heavy atom. The number of ether oxygens (including phenoxy) is 1. The Morgan fingerprint density at radius 3 is 1.68 bits per heavy atom. The van der Waals surface area contributed by atoms with Gasteiger partial charge in [0, 0.05) is 15.3 Å². The van der Waals surface area contributed by atoms with Crippen LogP contribution in [0.2, 0.25) is 0 Å². The Morgan fingerprint density at radius 1 is 0.947 bits per heavy atom. The van der Waals surface area contributed by atoms with Crippen LogP contribution in [0.15, 0.2) is 60.7 Å². The SMILES string of the molecule is COC(=O)C([S+]=O)(c1ccccc1)c1ccccc1. The third kappa shape index (κ3) is 2.27. The van der Waals surface area contributed by atoms with Crippen LogP contribution < -0.4 is 0 Å². The fourth-order valence-electron chi connectivity index (χ4n) is 2.02. The Bertz CT molecular complexity index is 527. The van der Waals surface area contributed by atoms with Crippen LogP contribution in [0.3, 0.4) is 0 Å². The lowest BCUT2D eigenvalue weighted by Crippen LogP contribution is -2.37. The maximum atomic E-state index is 12.2. The fourth-order valence-corrected chi connectivity index (χ4v) is 2.64. The highest BCUT2D eigenvalue weighted by Crippen LogP contribution is 2.33. The summed E-state index contributed by atoms with van der Waals surface area (Å²) in [7, 11) is 1.29. The second kappa shape index (κ2) is 5.71. The summed E-state index contributed by atoms with van der Waals surface area (Å²) < 4.78 is 15.3. The van der Waals surface area contributed by atoms with Crippen molar-refractivity contribution in [1.29, 1.82) is 0 Å². The summed E-state index contributed by atoms with van der Waals surface area (Å²) in [6, 6.07) is 17.9. The summed E-state index contributed by atoms with van der Waals surface area (Å²) in [6.07, 6.45) is 0. The van der Waals surface area contributed by atoms with E-state index in [1.807, 2.05) is 12.1 Å². The Kier molecular flexibility index (Phi) is 4.02. The first-order valence-corrected chi connectivity index (χ1v) is 6.50. The molecule has 0 aromatic heterocycles. The van der Waals surface area contributed by atoms with E-state index in [1.165, 1.54) is 7.11 Å². The molecule has 0 atom stereocenters. The third-order valence-corrected chi connectivity index (χ3v) is 3.85. The molecule has 0 heterocycles. The largest absolute Gasteiger partial charge is 0.488 e. The van der Waals surface area contributed by atoms with Crippen LogP contribution in [0.5, 0.6) is 0 Å². The van der Waals surface area contributed by atoms with Crippen LogP contribution in [0.1, 0.15) is 11.1 Å². The maximum Gasteiger partial charge on any atom is 0.488 e. The average molecular weight is 273 g/mol. The van der Waals surface area contributed by atoms with Crippen molar-refractivity contribution in [3.63, 3.8) is 0 Å². The summed E-state index contributed by atoms with van der Waals surface area (Å²) in [5.74, 6) is -0.565. The molecule has 0 aliphatic carbocycles. The summed E-state index contributed by atoms with van der Waals surface area (Å²) in [5.41, 5.74) is 1.24. The van der Waals surface area contributed by atoms with Gasteiger partial charge in [0.1, 0.15) is 0 Å². The Hall–Kier alpha value is -2.07. The minimum atomic E-state index is -1.36. The van der Waals surface area contributed by atoms with E-state index in [0.29, 0.717) is 11.1 Å². The number of carbonyl (C=O) groups is 1. The van der Waals surface area contributed by atoms with E-state index in [4.69, 9.17) is 4.74 Å². The summed E-state index contributed by atoms with van der Waals surface area (Å²) in [6.45, 7) is 0. The molecule has 96 valence electrons. The van der Waals surface area contributed by atoms with E-state index in [-0.39, 0.29) is 11.7 Å². The standard InChI is InChI=1S/C15H13O3S/c1-18-14(16)15(19-17,12-8-4-2-5-9-12)13-10-6-3-7-11-13/h2-11H,1H3/q+1. The molecule has 0 saturated heterocycles. The van der Waals surface area contributed by atoms with Gasteiger partial charge in [-0.25, -0.2) is 4.79 Å². The maximum absolute atomic E-state index is 12.2. The van der Waals surface area contributed by atoms with Gasteiger partial charge in [-0.3, -0.25) is 0 Å². The van der Waals surface area contributed by atoms with Crippen molar-refractivity contribution in [3.05, 3.63) is 71.8 Å². The molecule has 0 spiro atoms. The molecule has 0 amide bonds. The normalized spacial score (nSPS) is 10.8. The fraction of sp³-hybridized carbons (Fsp3) is 0.133. The van der Waals surface area contributed by atoms with Crippen LogP contribution in [0.4, 0.5) is 0 Å². The van der Waals surface area contributed by atoms with Gasteiger partial charge in [0.05, 0.1) is 7.11 Å². The molecule has 3 nitrogen and oxygen atoms in total. The zero-order valence-electron chi connectivity index (χ0n) is 10.4. The zero-order valence-corrected chi connectivity index (χ0v) is 11.2. The number of rotatable bonds is 4. The molecule has 2 aromatic rings. The molecule has 0 aliphatic rings. The lowest BCUT2D eigenvalue weighted by Gasteiger charge is -2.15. The first-order chi connectivity index (χ1) is 9.25. The predicted molar refractivity (Wildman–Crippen MR) is 73.7 cm³/mol. The minimum Gasteiger partial charge on any atom is -0.464 e. The quantitative estimate of drug-likeness (QED) is 0.635. The number of esters is 1. The summed E-state index contributed by atoms with van der Waals surface area (Å²) in [4.78, 5) is 12.2. The smallest absolute Gasteiger partial charge is 0.464 e. The number of hydrogen-bond acceptors (Lipinski definition) is 3. The van der Waals surface area contributed by atoms with E-state index >= 15 is 0 Å². The van der Waals surface area contributed by atoms with Crippen molar-refractivity contribution in [2.45, 2.75) is 4.75 Å². The number of benzene rings is 2. The van der Waals surface area contributed by atoms with Crippen molar-refractivity contribution in [2.75, 3.05) is 7.11 Å². The van der Waals surface area contributed by atoms with Gasteiger partial charge in [-0.2, -0.15) is 0 Å². The predicted octanol–water partition coefficient (Wildman–Crippen LogP) is 2.53. The second-order valence-corrected chi connectivity index (χ2v) is 4.77. The molecule has 19 heavy (non-hydrogen) atoms. The van der Waals surface area contributed by atoms with E-state index in [0.717, 1.165) is 0 Å². The Labute approximate surface area is 115 Å². The van der Waals surface area contributed by atoms with Crippen LogP contribution in [0, 0.1) is 0 Å². The molecule has 0 N–H and O–H groups in total. The highest BCUT2D eigenvalue weighted by Gasteiger charge is 2.57. The second-order valence-electron chi connectivity index (χ2n) is 3.99. The highest BCUT2D eigenvalue weighted by atomic mass is 32.1. The summed E-state index contributed by atoms with van der Waals surface area (Å²) in [5, 5.41) is 0. The monoisotopic (exact) mass is 273 g/mol. The van der Waals surface area contributed by atoms with Gasteiger partial charge in [0.15, 0.2) is 0 Å². The molecule has 0 unspecified atom stereocenters. The first-order valence-electron chi connectivity index (χ1n) is 5.76.